The number of carbonyl (C=O) groups excluding carboxylic acids is 2. The molecule has 0 saturated heterocycles. The van der Waals surface area contributed by atoms with Gasteiger partial charge in [-0.1, -0.05) is 43.5 Å². The zero-order valence-corrected chi connectivity index (χ0v) is 14.9. The summed E-state index contributed by atoms with van der Waals surface area (Å²) in [5.74, 6) is 0.279. The first-order valence-electron chi connectivity index (χ1n) is 9.03. The lowest BCUT2D eigenvalue weighted by atomic mass is 9.88. The quantitative estimate of drug-likeness (QED) is 0.734. The average molecular weight is 340 g/mol. The van der Waals surface area contributed by atoms with Crippen LogP contribution in [0.3, 0.4) is 0 Å². The molecule has 4 nitrogen and oxygen atoms in total. The lowest BCUT2D eigenvalue weighted by Crippen LogP contribution is -2.32. The maximum absolute atomic E-state index is 12.5. The summed E-state index contributed by atoms with van der Waals surface area (Å²) in [4.78, 5) is 26.3. The maximum Gasteiger partial charge on any atom is 0.254 e. The second kappa shape index (κ2) is 9.82. The summed E-state index contributed by atoms with van der Waals surface area (Å²) in [5.41, 5.74) is 1.63. The molecule has 25 heavy (non-hydrogen) atoms. The molecule has 2 amide bonds. The molecule has 2 rings (SSSR count). The van der Waals surface area contributed by atoms with Crippen molar-refractivity contribution in [3.63, 3.8) is 0 Å². The van der Waals surface area contributed by atoms with Gasteiger partial charge in [-0.3, -0.25) is 9.59 Å². The first-order chi connectivity index (χ1) is 12.2. The number of rotatable bonds is 8. The van der Waals surface area contributed by atoms with Gasteiger partial charge >= 0.3 is 0 Å². The van der Waals surface area contributed by atoms with Gasteiger partial charge in [-0.15, -0.1) is 13.2 Å². The van der Waals surface area contributed by atoms with Crippen molar-refractivity contribution in [1.82, 2.24) is 10.2 Å². The predicted octanol–water partition coefficient (Wildman–Crippen LogP) is 3.70. The van der Waals surface area contributed by atoms with Crippen molar-refractivity contribution < 1.29 is 9.59 Å². The van der Waals surface area contributed by atoms with E-state index < -0.39 is 0 Å². The van der Waals surface area contributed by atoms with Crippen LogP contribution >= 0.6 is 0 Å². The molecule has 1 fully saturated rings. The molecule has 1 aromatic rings. The van der Waals surface area contributed by atoms with Crippen molar-refractivity contribution in [1.29, 1.82) is 0 Å². The van der Waals surface area contributed by atoms with Gasteiger partial charge in [-0.25, -0.2) is 0 Å². The van der Waals surface area contributed by atoms with Crippen LogP contribution in [0.5, 0.6) is 0 Å². The van der Waals surface area contributed by atoms with Crippen LogP contribution in [0.25, 0.3) is 0 Å². The van der Waals surface area contributed by atoms with Gasteiger partial charge in [0.2, 0.25) is 5.91 Å². The number of nitrogens with zero attached hydrogens (tertiary/aromatic N) is 1. The minimum atomic E-state index is -0.0439. The van der Waals surface area contributed by atoms with Crippen LogP contribution in [-0.2, 0) is 11.3 Å². The van der Waals surface area contributed by atoms with Crippen molar-refractivity contribution in [3.8, 4) is 0 Å². The van der Waals surface area contributed by atoms with Gasteiger partial charge in [0.15, 0.2) is 0 Å². The molecule has 0 aromatic heterocycles. The van der Waals surface area contributed by atoms with Gasteiger partial charge in [0.25, 0.3) is 5.91 Å². The number of carbonyl (C=O) groups is 2. The number of benzene rings is 1. The summed E-state index contributed by atoms with van der Waals surface area (Å²) in [5, 5.41) is 3.02. The Balaban J connectivity index is 1.90. The summed E-state index contributed by atoms with van der Waals surface area (Å²) in [6, 6.07) is 7.41. The Hall–Kier alpha value is -2.36. The van der Waals surface area contributed by atoms with Crippen LogP contribution in [0.1, 0.15) is 48.0 Å². The minimum Gasteiger partial charge on any atom is -0.352 e. The number of nitrogens with one attached hydrogen (secondary N) is 1. The lowest BCUT2D eigenvalue weighted by molar-refractivity contribution is -0.126. The SMILES string of the molecule is C=CCN(CC=C)C(=O)c1ccc(CNC(=O)C2CCCCC2)cc1. The highest BCUT2D eigenvalue weighted by molar-refractivity contribution is 5.94. The predicted molar refractivity (Wildman–Crippen MR) is 101 cm³/mol. The fraction of sp³-hybridized carbons (Fsp3) is 0.429. The summed E-state index contributed by atoms with van der Waals surface area (Å²) < 4.78 is 0. The van der Waals surface area contributed by atoms with E-state index in [0.717, 1.165) is 31.2 Å². The monoisotopic (exact) mass is 340 g/mol. The average Bonchev–Trinajstić information content (AvgIpc) is 2.66. The van der Waals surface area contributed by atoms with E-state index in [4.69, 9.17) is 0 Å². The fourth-order valence-corrected chi connectivity index (χ4v) is 3.20. The molecule has 4 heteroatoms. The Bertz CT molecular complexity index is 591. The smallest absolute Gasteiger partial charge is 0.254 e. The maximum atomic E-state index is 12.5. The molecule has 0 spiro atoms. The minimum absolute atomic E-state index is 0.0439. The molecule has 1 aromatic carbocycles. The van der Waals surface area contributed by atoms with Gasteiger partial charge in [-0.2, -0.15) is 0 Å². The van der Waals surface area contributed by atoms with Crippen LogP contribution in [0.15, 0.2) is 49.6 Å². The van der Waals surface area contributed by atoms with Crippen molar-refractivity contribution >= 4 is 11.8 Å². The van der Waals surface area contributed by atoms with Crippen LogP contribution in [0.2, 0.25) is 0 Å². The molecule has 0 radical (unpaired) electrons. The molecule has 0 atom stereocenters. The number of amides is 2. The normalized spacial score (nSPS) is 14.6. The standard InChI is InChI=1S/C21H28N2O2/c1-3-14-23(15-4-2)21(25)19-12-10-17(11-13-19)16-22-20(24)18-8-6-5-7-9-18/h3-4,10-13,18H,1-2,5-9,14-16H2,(H,22,24). The Labute approximate surface area is 150 Å². The van der Waals surface area contributed by atoms with E-state index in [1.165, 1.54) is 6.42 Å². The van der Waals surface area contributed by atoms with Gasteiger partial charge in [0.1, 0.15) is 0 Å². The second-order valence-corrected chi connectivity index (χ2v) is 6.54. The molecule has 0 unspecified atom stereocenters. The number of hydrogen-bond donors (Lipinski definition) is 1. The van der Waals surface area contributed by atoms with Crippen LogP contribution in [-0.4, -0.2) is 29.8 Å². The lowest BCUT2D eigenvalue weighted by Gasteiger charge is -2.21. The zero-order valence-electron chi connectivity index (χ0n) is 14.9. The van der Waals surface area contributed by atoms with Crippen molar-refractivity contribution in [2.24, 2.45) is 5.92 Å². The van der Waals surface area contributed by atoms with E-state index in [1.807, 2.05) is 24.3 Å². The highest BCUT2D eigenvalue weighted by Crippen LogP contribution is 2.23. The second-order valence-electron chi connectivity index (χ2n) is 6.54. The first kappa shape index (κ1) is 19.0. The number of hydrogen-bond acceptors (Lipinski definition) is 2. The van der Waals surface area contributed by atoms with Gasteiger partial charge < -0.3 is 10.2 Å². The highest BCUT2D eigenvalue weighted by atomic mass is 16.2. The highest BCUT2D eigenvalue weighted by Gasteiger charge is 2.20. The summed E-state index contributed by atoms with van der Waals surface area (Å²) in [6.07, 6.45) is 8.96. The molecular weight excluding hydrogens is 312 g/mol. The molecule has 0 heterocycles. The Kier molecular flexibility index (Phi) is 7.45. The molecule has 1 saturated carbocycles. The molecule has 134 valence electrons. The van der Waals surface area contributed by atoms with Gasteiger partial charge in [0, 0.05) is 31.1 Å². The van der Waals surface area contributed by atoms with E-state index in [9.17, 15) is 9.59 Å². The Morgan fingerprint density at radius 2 is 1.64 bits per heavy atom. The largest absolute Gasteiger partial charge is 0.352 e. The molecule has 1 aliphatic carbocycles. The topological polar surface area (TPSA) is 49.4 Å². The molecule has 0 bridgehead atoms. The fourth-order valence-electron chi connectivity index (χ4n) is 3.20. The third-order valence-corrected chi connectivity index (χ3v) is 4.63. The molecule has 1 aliphatic rings. The van der Waals surface area contributed by atoms with Gasteiger partial charge in [-0.05, 0) is 30.5 Å². The zero-order chi connectivity index (χ0) is 18.1. The van der Waals surface area contributed by atoms with E-state index in [1.54, 1.807) is 17.1 Å². The first-order valence-corrected chi connectivity index (χ1v) is 9.03. The van der Waals surface area contributed by atoms with E-state index in [2.05, 4.69) is 18.5 Å². The molecule has 0 aliphatic heterocycles. The Morgan fingerprint density at radius 1 is 1.04 bits per heavy atom. The van der Waals surface area contributed by atoms with Crippen LogP contribution < -0.4 is 5.32 Å². The van der Waals surface area contributed by atoms with Crippen molar-refractivity contribution in [3.05, 3.63) is 60.7 Å². The Morgan fingerprint density at radius 3 is 2.20 bits per heavy atom. The van der Waals surface area contributed by atoms with E-state index >= 15 is 0 Å². The third-order valence-electron chi connectivity index (χ3n) is 4.63. The molecular formula is C21H28N2O2. The third kappa shape index (κ3) is 5.59. The van der Waals surface area contributed by atoms with Crippen LogP contribution in [0.4, 0.5) is 0 Å². The van der Waals surface area contributed by atoms with Crippen LogP contribution in [0, 0.1) is 5.92 Å². The molecule has 1 N–H and O–H groups in total. The van der Waals surface area contributed by atoms with Gasteiger partial charge in [0.05, 0.1) is 0 Å². The van der Waals surface area contributed by atoms with Crippen molar-refractivity contribution in [2.75, 3.05) is 13.1 Å². The summed E-state index contributed by atoms with van der Waals surface area (Å²) in [6.45, 7) is 8.85. The van der Waals surface area contributed by atoms with E-state index in [-0.39, 0.29) is 17.7 Å². The summed E-state index contributed by atoms with van der Waals surface area (Å²) >= 11 is 0. The summed E-state index contributed by atoms with van der Waals surface area (Å²) in [7, 11) is 0. The van der Waals surface area contributed by atoms with E-state index in [0.29, 0.717) is 25.2 Å². The van der Waals surface area contributed by atoms with Crippen molar-refractivity contribution in [2.45, 2.75) is 38.6 Å².